The number of benzene rings is 3. The molecule has 3 nitrogen and oxygen atoms in total. The topological polar surface area (TPSA) is 38.3 Å². The van der Waals surface area contributed by atoms with Crippen molar-refractivity contribution in [3.63, 3.8) is 0 Å². The van der Waals surface area contributed by atoms with Gasteiger partial charge < -0.3 is 10.1 Å². The minimum absolute atomic E-state index is 0.214. The van der Waals surface area contributed by atoms with E-state index < -0.39 is 0 Å². The average Bonchev–Trinajstić information content (AvgIpc) is 2.82. The molecule has 0 aromatic heterocycles. The van der Waals surface area contributed by atoms with Crippen LogP contribution in [0.1, 0.15) is 57.1 Å². The Kier molecular flexibility index (Phi) is 6.45. The Balaban J connectivity index is 1.41. The summed E-state index contributed by atoms with van der Waals surface area (Å²) in [6.45, 7) is 0.734. The number of hydrogen-bond donors (Lipinski definition) is 1. The van der Waals surface area contributed by atoms with E-state index in [0.717, 1.165) is 36.9 Å². The maximum Gasteiger partial charge on any atom is 0.337 e. The van der Waals surface area contributed by atoms with E-state index in [4.69, 9.17) is 4.74 Å². The van der Waals surface area contributed by atoms with Crippen LogP contribution in [-0.4, -0.2) is 13.1 Å². The highest BCUT2D eigenvalue weighted by Crippen LogP contribution is 2.31. The number of esters is 1. The average molecular weight is 413 g/mol. The van der Waals surface area contributed by atoms with Crippen LogP contribution < -0.4 is 5.32 Å². The van der Waals surface area contributed by atoms with Crippen molar-refractivity contribution in [1.82, 2.24) is 5.32 Å². The number of methoxy groups -OCH3 is 1. The standard InChI is InChI=1S/C27H24FNO2/c1-31-27(30)23-14-13-22-3-2-4-26(25(22)17-23)29-18-21-9-7-19(8-10-21)5-6-20-11-15-24(28)16-12-20/h7-17,26,29H,2-4,18H2,1H3. The fourth-order valence-corrected chi connectivity index (χ4v) is 3.88. The molecule has 0 saturated heterocycles. The van der Waals surface area contributed by atoms with Crippen molar-refractivity contribution in [2.24, 2.45) is 0 Å². The lowest BCUT2D eigenvalue weighted by Gasteiger charge is -2.27. The fourth-order valence-electron chi connectivity index (χ4n) is 3.88. The summed E-state index contributed by atoms with van der Waals surface area (Å²) in [4.78, 5) is 11.9. The third-order valence-electron chi connectivity index (χ3n) is 5.58. The van der Waals surface area contributed by atoms with E-state index in [1.165, 1.54) is 35.9 Å². The Morgan fingerprint density at radius 2 is 1.71 bits per heavy atom. The predicted molar refractivity (Wildman–Crippen MR) is 119 cm³/mol. The second-order valence-electron chi connectivity index (χ2n) is 7.68. The van der Waals surface area contributed by atoms with Crippen molar-refractivity contribution in [1.29, 1.82) is 0 Å². The highest BCUT2D eigenvalue weighted by atomic mass is 19.1. The third-order valence-corrected chi connectivity index (χ3v) is 5.58. The quantitative estimate of drug-likeness (QED) is 0.473. The number of rotatable bonds is 4. The Labute approximate surface area is 182 Å². The molecule has 1 aliphatic carbocycles. The first-order valence-electron chi connectivity index (χ1n) is 10.4. The lowest BCUT2D eigenvalue weighted by Crippen LogP contribution is -2.25. The highest BCUT2D eigenvalue weighted by Gasteiger charge is 2.21. The SMILES string of the molecule is COC(=O)c1ccc2c(c1)C(NCc1ccc(C#Cc3ccc(F)cc3)cc1)CCC2. The van der Waals surface area contributed by atoms with Gasteiger partial charge in [0.15, 0.2) is 0 Å². The van der Waals surface area contributed by atoms with E-state index >= 15 is 0 Å². The fraction of sp³-hybridized carbons (Fsp3) is 0.222. The van der Waals surface area contributed by atoms with Crippen LogP contribution in [-0.2, 0) is 17.7 Å². The minimum Gasteiger partial charge on any atom is -0.465 e. The Morgan fingerprint density at radius 1 is 1.03 bits per heavy atom. The molecule has 1 unspecified atom stereocenters. The molecule has 0 radical (unpaired) electrons. The van der Waals surface area contributed by atoms with Gasteiger partial charge in [-0.05, 0) is 84.5 Å². The maximum absolute atomic E-state index is 13.0. The van der Waals surface area contributed by atoms with E-state index in [1.54, 1.807) is 12.1 Å². The summed E-state index contributed by atoms with van der Waals surface area (Å²) in [5.41, 5.74) is 5.95. The van der Waals surface area contributed by atoms with E-state index in [0.29, 0.717) is 5.56 Å². The smallest absolute Gasteiger partial charge is 0.337 e. The van der Waals surface area contributed by atoms with Crippen LogP contribution in [0.2, 0.25) is 0 Å². The lowest BCUT2D eigenvalue weighted by atomic mass is 9.86. The molecular formula is C27H24FNO2. The first-order valence-corrected chi connectivity index (χ1v) is 10.4. The Morgan fingerprint density at radius 3 is 2.39 bits per heavy atom. The Hall–Kier alpha value is -3.42. The van der Waals surface area contributed by atoms with Crippen molar-refractivity contribution in [2.45, 2.75) is 31.8 Å². The molecule has 1 N–H and O–H groups in total. The normalized spacial score (nSPS) is 14.8. The van der Waals surface area contributed by atoms with Gasteiger partial charge in [0.05, 0.1) is 12.7 Å². The van der Waals surface area contributed by atoms with Crippen LogP contribution in [0, 0.1) is 17.7 Å². The van der Waals surface area contributed by atoms with Gasteiger partial charge in [-0.2, -0.15) is 0 Å². The summed E-state index contributed by atoms with van der Waals surface area (Å²) in [6, 6.07) is 20.4. The lowest BCUT2D eigenvalue weighted by molar-refractivity contribution is 0.0600. The van der Waals surface area contributed by atoms with E-state index in [1.807, 2.05) is 30.3 Å². The number of fused-ring (bicyclic) bond motifs is 1. The first kappa shape index (κ1) is 20.8. The molecular weight excluding hydrogens is 389 g/mol. The molecule has 3 aromatic rings. The molecule has 0 bridgehead atoms. The molecule has 4 rings (SSSR count). The second-order valence-corrected chi connectivity index (χ2v) is 7.68. The molecule has 156 valence electrons. The van der Waals surface area contributed by atoms with Crippen molar-refractivity contribution >= 4 is 5.97 Å². The number of aryl methyl sites for hydroxylation is 1. The first-order chi connectivity index (χ1) is 15.1. The molecule has 0 amide bonds. The van der Waals surface area contributed by atoms with Gasteiger partial charge in [0, 0.05) is 23.7 Å². The summed E-state index contributed by atoms with van der Waals surface area (Å²) in [7, 11) is 1.41. The monoisotopic (exact) mass is 413 g/mol. The molecule has 0 spiro atoms. The van der Waals surface area contributed by atoms with Crippen molar-refractivity contribution in [3.05, 3.63) is 106 Å². The van der Waals surface area contributed by atoms with Gasteiger partial charge in [-0.1, -0.05) is 30.0 Å². The molecule has 31 heavy (non-hydrogen) atoms. The summed E-state index contributed by atoms with van der Waals surface area (Å²) in [5.74, 6) is 5.60. The molecule has 0 aliphatic heterocycles. The molecule has 0 heterocycles. The Bertz CT molecular complexity index is 1120. The third kappa shape index (κ3) is 5.20. The van der Waals surface area contributed by atoms with Crippen molar-refractivity contribution in [2.75, 3.05) is 7.11 Å². The summed E-state index contributed by atoms with van der Waals surface area (Å²) in [6.07, 6.45) is 3.20. The van der Waals surface area contributed by atoms with Gasteiger partial charge in [0.1, 0.15) is 5.82 Å². The van der Waals surface area contributed by atoms with Gasteiger partial charge in [-0.3, -0.25) is 0 Å². The summed E-state index contributed by atoms with van der Waals surface area (Å²) < 4.78 is 17.8. The van der Waals surface area contributed by atoms with Crippen LogP contribution >= 0.6 is 0 Å². The van der Waals surface area contributed by atoms with Crippen LogP contribution in [0.3, 0.4) is 0 Å². The number of carbonyl (C=O) groups is 1. The number of nitrogens with one attached hydrogen (secondary N) is 1. The van der Waals surface area contributed by atoms with Gasteiger partial charge in [0.2, 0.25) is 0 Å². The van der Waals surface area contributed by atoms with E-state index in [2.05, 4.69) is 29.3 Å². The van der Waals surface area contributed by atoms with Gasteiger partial charge in [-0.25, -0.2) is 9.18 Å². The molecule has 0 fully saturated rings. The van der Waals surface area contributed by atoms with Gasteiger partial charge >= 0.3 is 5.97 Å². The van der Waals surface area contributed by atoms with Gasteiger partial charge in [-0.15, -0.1) is 0 Å². The maximum atomic E-state index is 13.0. The molecule has 0 saturated carbocycles. The van der Waals surface area contributed by atoms with Crippen molar-refractivity contribution < 1.29 is 13.9 Å². The zero-order valence-electron chi connectivity index (χ0n) is 17.5. The van der Waals surface area contributed by atoms with Gasteiger partial charge in [0.25, 0.3) is 0 Å². The molecule has 3 aromatic carbocycles. The van der Waals surface area contributed by atoms with Crippen LogP contribution in [0.5, 0.6) is 0 Å². The zero-order chi connectivity index (χ0) is 21.6. The van der Waals surface area contributed by atoms with E-state index in [-0.39, 0.29) is 17.8 Å². The van der Waals surface area contributed by atoms with E-state index in [9.17, 15) is 9.18 Å². The minimum atomic E-state index is -0.301. The highest BCUT2D eigenvalue weighted by molar-refractivity contribution is 5.89. The number of carbonyl (C=O) groups excluding carboxylic acids is 1. The molecule has 1 aliphatic rings. The zero-order valence-corrected chi connectivity index (χ0v) is 17.5. The van der Waals surface area contributed by atoms with Crippen LogP contribution in [0.4, 0.5) is 4.39 Å². The van der Waals surface area contributed by atoms with Crippen LogP contribution in [0.15, 0.2) is 66.7 Å². The number of halogens is 1. The molecule has 4 heteroatoms. The summed E-state index contributed by atoms with van der Waals surface area (Å²) in [5, 5.41) is 3.64. The largest absolute Gasteiger partial charge is 0.465 e. The summed E-state index contributed by atoms with van der Waals surface area (Å²) >= 11 is 0. The number of ether oxygens (including phenoxy) is 1. The van der Waals surface area contributed by atoms with Crippen molar-refractivity contribution in [3.8, 4) is 11.8 Å². The molecule has 1 atom stereocenters. The second kappa shape index (κ2) is 9.59. The van der Waals surface area contributed by atoms with Crippen LogP contribution in [0.25, 0.3) is 0 Å². The predicted octanol–water partition coefficient (Wildman–Crippen LogP) is 5.18. The number of hydrogen-bond acceptors (Lipinski definition) is 3.